The minimum atomic E-state index is 0.839. The highest BCUT2D eigenvalue weighted by atomic mass is 14.6. The van der Waals surface area contributed by atoms with Gasteiger partial charge < -0.3 is 0 Å². The Hall–Kier alpha value is 0. The van der Waals surface area contributed by atoms with Crippen LogP contribution >= 0.6 is 0 Å². The first kappa shape index (κ1) is 6.51. The summed E-state index contributed by atoms with van der Waals surface area (Å²) in [7, 11) is 0. The van der Waals surface area contributed by atoms with E-state index in [1.807, 2.05) is 0 Å². The van der Waals surface area contributed by atoms with Gasteiger partial charge in [-0.3, -0.25) is 0 Å². The molecule has 0 aromatic rings. The molecule has 0 aromatic carbocycles. The lowest BCUT2D eigenvalue weighted by molar-refractivity contribution is 0.210. The second-order valence-corrected chi connectivity index (χ2v) is 5.36. The van der Waals surface area contributed by atoms with Crippen molar-refractivity contribution in [1.29, 1.82) is 0 Å². The predicted octanol–water partition coefficient (Wildman–Crippen LogP) is 3.22. The molecule has 3 rings (SSSR count). The summed E-state index contributed by atoms with van der Waals surface area (Å²) < 4.78 is 0. The minimum absolute atomic E-state index is 0.839. The fourth-order valence-corrected chi connectivity index (χ4v) is 3.87. The first-order valence-corrected chi connectivity index (χ1v) is 5.30. The van der Waals surface area contributed by atoms with E-state index in [1.54, 1.807) is 38.5 Å². The van der Waals surface area contributed by atoms with Crippen molar-refractivity contribution >= 4 is 0 Å². The quantitative estimate of drug-likeness (QED) is 0.497. The molecule has 62 valence electrons. The Bertz CT molecular complexity index is 184. The minimum Gasteiger partial charge on any atom is -0.0594 e. The van der Waals surface area contributed by atoms with Gasteiger partial charge in [0, 0.05) is 0 Å². The summed E-state index contributed by atoms with van der Waals surface area (Å²) in [5, 5.41) is 0. The van der Waals surface area contributed by atoms with Crippen molar-refractivity contribution in [2.24, 2.45) is 23.2 Å². The highest BCUT2D eigenvalue weighted by molar-refractivity contribution is 5.08. The number of hydrogen-bond acceptors (Lipinski definition) is 0. The third-order valence-electron chi connectivity index (χ3n) is 4.74. The standard InChI is InChI=1S/C11H18/c1-11-6-5-8-3-2-4-9(8)10(11)7-11/h8-10H,2-7H2,1H3. The molecule has 3 saturated carbocycles. The Morgan fingerprint density at radius 2 is 2.09 bits per heavy atom. The molecule has 3 aliphatic carbocycles. The molecule has 0 N–H and O–H groups in total. The van der Waals surface area contributed by atoms with Gasteiger partial charge in [0.25, 0.3) is 0 Å². The summed E-state index contributed by atoms with van der Waals surface area (Å²) >= 11 is 0. The second kappa shape index (κ2) is 1.84. The Kier molecular flexibility index (Phi) is 1.09. The molecule has 0 heterocycles. The van der Waals surface area contributed by atoms with Crippen molar-refractivity contribution in [3.8, 4) is 0 Å². The summed E-state index contributed by atoms with van der Waals surface area (Å²) in [5.74, 6) is 3.51. The Labute approximate surface area is 69.4 Å². The summed E-state index contributed by atoms with van der Waals surface area (Å²) in [6, 6.07) is 0. The van der Waals surface area contributed by atoms with Crippen LogP contribution in [0, 0.1) is 23.2 Å². The van der Waals surface area contributed by atoms with Crippen molar-refractivity contribution in [2.75, 3.05) is 0 Å². The molecule has 4 atom stereocenters. The maximum Gasteiger partial charge on any atom is -0.0292 e. The fraction of sp³-hybridized carbons (Fsp3) is 1.00. The van der Waals surface area contributed by atoms with Crippen molar-refractivity contribution in [3.05, 3.63) is 0 Å². The molecule has 0 bridgehead atoms. The zero-order valence-corrected chi connectivity index (χ0v) is 7.47. The maximum absolute atomic E-state index is 2.52. The van der Waals surface area contributed by atoms with Gasteiger partial charge in [0.15, 0.2) is 0 Å². The van der Waals surface area contributed by atoms with Crippen molar-refractivity contribution in [1.82, 2.24) is 0 Å². The summed E-state index contributed by atoms with van der Waals surface area (Å²) in [4.78, 5) is 0. The highest BCUT2D eigenvalue weighted by Crippen LogP contribution is 2.67. The Morgan fingerprint density at radius 3 is 3.00 bits per heavy atom. The van der Waals surface area contributed by atoms with Crippen LogP contribution in [0.25, 0.3) is 0 Å². The number of rotatable bonds is 0. The van der Waals surface area contributed by atoms with Gasteiger partial charge in [0.05, 0.1) is 0 Å². The van der Waals surface area contributed by atoms with Gasteiger partial charge >= 0.3 is 0 Å². The lowest BCUT2D eigenvalue weighted by atomic mass is 9.77. The van der Waals surface area contributed by atoms with Gasteiger partial charge in [-0.2, -0.15) is 0 Å². The van der Waals surface area contributed by atoms with Crippen LogP contribution in [0.1, 0.15) is 45.4 Å². The van der Waals surface area contributed by atoms with Crippen LogP contribution in [0.2, 0.25) is 0 Å². The number of hydrogen-bond donors (Lipinski definition) is 0. The molecule has 0 nitrogen and oxygen atoms in total. The summed E-state index contributed by atoms with van der Waals surface area (Å²) in [6.07, 6.45) is 9.38. The molecular weight excluding hydrogens is 132 g/mol. The Balaban J connectivity index is 1.84. The van der Waals surface area contributed by atoms with Gasteiger partial charge in [-0.1, -0.05) is 19.8 Å². The van der Waals surface area contributed by atoms with E-state index in [0.29, 0.717) is 0 Å². The Morgan fingerprint density at radius 1 is 1.18 bits per heavy atom. The average Bonchev–Trinajstić information content (AvgIpc) is 2.50. The molecule has 11 heavy (non-hydrogen) atoms. The van der Waals surface area contributed by atoms with Crippen LogP contribution in [0.3, 0.4) is 0 Å². The molecular formula is C11H18. The fourth-order valence-electron chi connectivity index (χ4n) is 3.87. The van der Waals surface area contributed by atoms with E-state index in [9.17, 15) is 0 Å². The zero-order chi connectivity index (χ0) is 7.47. The van der Waals surface area contributed by atoms with Crippen molar-refractivity contribution in [2.45, 2.75) is 45.4 Å². The lowest BCUT2D eigenvalue weighted by Crippen LogP contribution is -2.20. The average molecular weight is 150 g/mol. The van der Waals surface area contributed by atoms with Crippen molar-refractivity contribution in [3.63, 3.8) is 0 Å². The molecule has 3 fully saturated rings. The molecule has 3 aliphatic rings. The molecule has 4 unspecified atom stereocenters. The SMILES string of the molecule is CC12CCC3CCCC3C1C2. The van der Waals surface area contributed by atoms with Gasteiger partial charge in [0.2, 0.25) is 0 Å². The molecule has 0 spiro atoms. The van der Waals surface area contributed by atoms with Crippen LogP contribution in [0.15, 0.2) is 0 Å². The van der Waals surface area contributed by atoms with E-state index in [2.05, 4.69) is 6.92 Å². The van der Waals surface area contributed by atoms with Crippen LogP contribution in [-0.2, 0) is 0 Å². The van der Waals surface area contributed by atoms with E-state index in [4.69, 9.17) is 0 Å². The third kappa shape index (κ3) is 0.761. The topological polar surface area (TPSA) is 0 Å². The van der Waals surface area contributed by atoms with E-state index in [1.165, 1.54) is 11.8 Å². The lowest BCUT2D eigenvalue weighted by Gasteiger charge is -2.28. The summed E-state index contributed by atoms with van der Waals surface area (Å²) in [6.45, 7) is 2.52. The van der Waals surface area contributed by atoms with E-state index in [0.717, 1.165) is 11.3 Å². The maximum atomic E-state index is 2.52. The van der Waals surface area contributed by atoms with Crippen LogP contribution < -0.4 is 0 Å². The van der Waals surface area contributed by atoms with Crippen LogP contribution in [0.4, 0.5) is 0 Å². The smallest absolute Gasteiger partial charge is 0.0292 e. The second-order valence-electron chi connectivity index (χ2n) is 5.36. The monoisotopic (exact) mass is 150 g/mol. The van der Waals surface area contributed by atoms with Crippen LogP contribution in [0.5, 0.6) is 0 Å². The van der Waals surface area contributed by atoms with Gasteiger partial charge in [-0.15, -0.1) is 0 Å². The van der Waals surface area contributed by atoms with Gasteiger partial charge in [-0.25, -0.2) is 0 Å². The molecule has 0 amide bonds. The van der Waals surface area contributed by atoms with Crippen molar-refractivity contribution < 1.29 is 0 Å². The largest absolute Gasteiger partial charge is 0.0594 e. The normalized spacial score (nSPS) is 60.3. The van der Waals surface area contributed by atoms with E-state index < -0.39 is 0 Å². The molecule has 0 radical (unpaired) electrons. The first-order valence-electron chi connectivity index (χ1n) is 5.30. The van der Waals surface area contributed by atoms with E-state index in [-0.39, 0.29) is 0 Å². The van der Waals surface area contributed by atoms with Gasteiger partial charge in [0.1, 0.15) is 0 Å². The van der Waals surface area contributed by atoms with Crippen LogP contribution in [-0.4, -0.2) is 0 Å². The molecule has 0 aliphatic heterocycles. The predicted molar refractivity (Wildman–Crippen MR) is 46.3 cm³/mol. The first-order chi connectivity index (χ1) is 5.30. The molecule has 0 aromatic heterocycles. The summed E-state index contributed by atoms with van der Waals surface area (Å²) in [5.41, 5.74) is 0.839. The van der Waals surface area contributed by atoms with E-state index >= 15 is 0 Å². The zero-order valence-electron chi connectivity index (χ0n) is 7.47. The molecule has 0 heteroatoms. The third-order valence-corrected chi connectivity index (χ3v) is 4.74. The number of fused-ring (bicyclic) bond motifs is 3. The van der Waals surface area contributed by atoms with Gasteiger partial charge in [-0.05, 0) is 48.9 Å². The molecule has 0 saturated heterocycles. The highest BCUT2D eigenvalue weighted by Gasteiger charge is 2.58.